The van der Waals surface area contributed by atoms with Gasteiger partial charge in [-0.1, -0.05) is 0 Å². The number of carbonyl (C=O) groups excluding carboxylic acids is 1. The molecule has 0 radical (unpaired) electrons. The highest BCUT2D eigenvalue weighted by Gasteiger charge is 2.19. The number of H-pyrrole nitrogens is 1. The zero-order valence-corrected chi connectivity index (χ0v) is 12.3. The van der Waals surface area contributed by atoms with Crippen LogP contribution in [0.3, 0.4) is 0 Å². The number of fused-ring (bicyclic) bond motifs is 1. The van der Waals surface area contributed by atoms with Gasteiger partial charge in [0.15, 0.2) is 0 Å². The Morgan fingerprint density at radius 2 is 2.13 bits per heavy atom. The van der Waals surface area contributed by atoms with Crippen LogP contribution in [0.2, 0.25) is 0 Å². The topological polar surface area (TPSA) is 82.7 Å². The Labute approximate surface area is 133 Å². The zero-order valence-electron chi connectivity index (χ0n) is 12.3. The van der Waals surface area contributed by atoms with Gasteiger partial charge in [-0.05, 0) is 30.3 Å². The molecule has 3 aromatic rings. The van der Waals surface area contributed by atoms with Crippen molar-refractivity contribution in [2.24, 2.45) is 0 Å². The Morgan fingerprint density at radius 1 is 1.17 bits per heavy atom. The Hall–Kier alpha value is -3.15. The third-order valence-electron chi connectivity index (χ3n) is 3.81. The van der Waals surface area contributed by atoms with E-state index in [9.17, 15) is 4.79 Å². The first kappa shape index (κ1) is 13.5. The van der Waals surface area contributed by atoms with Gasteiger partial charge in [-0.25, -0.2) is 4.98 Å². The summed E-state index contributed by atoms with van der Waals surface area (Å²) >= 11 is 0. The summed E-state index contributed by atoms with van der Waals surface area (Å²) in [5.74, 6) is 0.712. The lowest BCUT2D eigenvalue weighted by atomic mass is 10.1. The molecule has 0 aliphatic carbocycles. The van der Waals surface area contributed by atoms with E-state index in [1.54, 1.807) is 18.6 Å². The van der Waals surface area contributed by atoms with Crippen LogP contribution in [-0.2, 0) is 6.42 Å². The summed E-state index contributed by atoms with van der Waals surface area (Å²) in [7, 11) is 0. The SMILES string of the molecule is O=C1NCCc2[nH]c(-c3ccnc(Nc4cccnc4)c3)cc21. The standard InChI is InChI=1S/C17H15N5O/c23-17-13-9-15(22-14(13)4-7-20-17)11-3-6-19-16(8-11)21-12-2-1-5-18-10-12/h1-3,5-6,8-10,22H,4,7H2,(H,19,21)(H,20,23). The van der Waals surface area contributed by atoms with E-state index in [2.05, 4.69) is 25.6 Å². The first-order chi connectivity index (χ1) is 11.3. The number of amides is 1. The Balaban J connectivity index is 1.65. The highest BCUT2D eigenvalue weighted by Crippen LogP contribution is 2.26. The number of aromatic amines is 1. The van der Waals surface area contributed by atoms with Crippen LogP contribution in [0.4, 0.5) is 11.5 Å². The van der Waals surface area contributed by atoms with Gasteiger partial charge in [0.05, 0.1) is 17.4 Å². The molecule has 6 heteroatoms. The Kier molecular flexibility index (Phi) is 3.27. The summed E-state index contributed by atoms with van der Waals surface area (Å²) in [6.07, 6.45) is 6.04. The van der Waals surface area contributed by atoms with Crippen molar-refractivity contribution < 1.29 is 4.79 Å². The van der Waals surface area contributed by atoms with Gasteiger partial charge in [0, 0.05) is 42.3 Å². The molecule has 0 bridgehead atoms. The van der Waals surface area contributed by atoms with Crippen LogP contribution in [0.15, 0.2) is 48.9 Å². The molecule has 0 fully saturated rings. The molecule has 1 aliphatic heterocycles. The van der Waals surface area contributed by atoms with Crippen LogP contribution in [-0.4, -0.2) is 27.4 Å². The maximum Gasteiger partial charge on any atom is 0.253 e. The molecule has 1 amide bonds. The van der Waals surface area contributed by atoms with E-state index in [4.69, 9.17) is 0 Å². The minimum atomic E-state index is -0.0171. The molecule has 0 saturated carbocycles. The van der Waals surface area contributed by atoms with Crippen LogP contribution < -0.4 is 10.6 Å². The van der Waals surface area contributed by atoms with Crippen LogP contribution in [0, 0.1) is 0 Å². The lowest BCUT2D eigenvalue weighted by molar-refractivity contribution is 0.0946. The van der Waals surface area contributed by atoms with Crippen LogP contribution in [0.5, 0.6) is 0 Å². The lowest BCUT2D eigenvalue weighted by Crippen LogP contribution is -2.31. The van der Waals surface area contributed by atoms with Crippen molar-refractivity contribution in [3.05, 3.63) is 60.2 Å². The van der Waals surface area contributed by atoms with E-state index < -0.39 is 0 Å². The minimum Gasteiger partial charge on any atom is -0.358 e. The fraction of sp³-hybridized carbons (Fsp3) is 0.118. The average Bonchev–Trinajstić information content (AvgIpc) is 3.02. The molecule has 0 spiro atoms. The van der Waals surface area contributed by atoms with Gasteiger partial charge in [0.25, 0.3) is 5.91 Å². The van der Waals surface area contributed by atoms with Crippen molar-refractivity contribution in [3.8, 4) is 11.3 Å². The molecule has 23 heavy (non-hydrogen) atoms. The molecule has 4 rings (SSSR count). The van der Waals surface area contributed by atoms with Crippen molar-refractivity contribution in [3.63, 3.8) is 0 Å². The van der Waals surface area contributed by atoms with E-state index in [1.165, 1.54) is 0 Å². The molecule has 3 aromatic heterocycles. The molecule has 3 N–H and O–H groups in total. The van der Waals surface area contributed by atoms with Crippen molar-refractivity contribution >= 4 is 17.4 Å². The maximum absolute atomic E-state index is 11.9. The lowest BCUT2D eigenvalue weighted by Gasteiger charge is -2.11. The highest BCUT2D eigenvalue weighted by atomic mass is 16.1. The molecular weight excluding hydrogens is 290 g/mol. The molecule has 0 aromatic carbocycles. The summed E-state index contributed by atoms with van der Waals surface area (Å²) < 4.78 is 0. The van der Waals surface area contributed by atoms with Crippen molar-refractivity contribution in [1.29, 1.82) is 0 Å². The third kappa shape index (κ3) is 2.66. The number of hydrogen-bond donors (Lipinski definition) is 3. The number of aromatic nitrogens is 3. The fourth-order valence-electron chi connectivity index (χ4n) is 2.70. The predicted octanol–water partition coefficient (Wildman–Crippen LogP) is 2.50. The van der Waals surface area contributed by atoms with Crippen molar-refractivity contribution in [1.82, 2.24) is 20.3 Å². The van der Waals surface area contributed by atoms with Crippen LogP contribution in [0.25, 0.3) is 11.3 Å². The molecular formula is C17H15N5O. The summed E-state index contributed by atoms with van der Waals surface area (Å²) in [5, 5.41) is 6.07. The maximum atomic E-state index is 11.9. The number of anilines is 2. The van der Waals surface area contributed by atoms with Gasteiger partial charge < -0.3 is 15.6 Å². The second-order valence-corrected chi connectivity index (χ2v) is 5.38. The van der Waals surface area contributed by atoms with Gasteiger partial charge in [0.1, 0.15) is 5.82 Å². The van der Waals surface area contributed by atoms with E-state index >= 15 is 0 Å². The molecule has 1 aliphatic rings. The quantitative estimate of drug-likeness (QED) is 0.694. The summed E-state index contributed by atoms with van der Waals surface area (Å²) in [6, 6.07) is 9.56. The third-order valence-corrected chi connectivity index (χ3v) is 3.81. The van der Waals surface area contributed by atoms with Crippen LogP contribution >= 0.6 is 0 Å². The number of nitrogens with zero attached hydrogens (tertiary/aromatic N) is 2. The number of pyridine rings is 2. The second kappa shape index (κ2) is 5.57. The summed E-state index contributed by atoms with van der Waals surface area (Å²) in [5.41, 5.74) is 4.49. The van der Waals surface area contributed by atoms with E-state index in [-0.39, 0.29) is 5.91 Å². The van der Waals surface area contributed by atoms with Gasteiger partial charge in [-0.3, -0.25) is 9.78 Å². The van der Waals surface area contributed by atoms with Gasteiger partial charge in [-0.15, -0.1) is 0 Å². The average molecular weight is 305 g/mol. The second-order valence-electron chi connectivity index (χ2n) is 5.38. The highest BCUT2D eigenvalue weighted by molar-refractivity contribution is 5.97. The number of carbonyl (C=O) groups is 1. The minimum absolute atomic E-state index is 0.0171. The predicted molar refractivity (Wildman–Crippen MR) is 87.6 cm³/mol. The molecule has 0 unspecified atom stereocenters. The molecule has 4 heterocycles. The zero-order chi connectivity index (χ0) is 15.6. The van der Waals surface area contributed by atoms with E-state index in [0.29, 0.717) is 6.54 Å². The number of hydrogen-bond acceptors (Lipinski definition) is 4. The van der Waals surface area contributed by atoms with E-state index in [0.717, 1.165) is 40.4 Å². The smallest absolute Gasteiger partial charge is 0.253 e. The first-order valence-electron chi connectivity index (χ1n) is 7.43. The molecule has 114 valence electrons. The van der Waals surface area contributed by atoms with Gasteiger partial charge in [-0.2, -0.15) is 0 Å². The van der Waals surface area contributed by atoms with E-state index in [1.807, 2.05) is 30.3 Å². The first-order valence-corrected chi connectivity index (χ1v) is 7.43. The number of rotatable bonds is 3. The van der Waals surface area contributed by atoms with Gasteiger partial charge >= 0.3 is 0 Å². The summed E-state index contributed by atoms with van der Waals surface area (Å²) in [4.78, 5) is 23.6. The normalized spacial score (nSPS) is 13.3. The summed E-state index contributed by atoms with van der Waals surface area (Å²) in [6.45, 7) is 0.677. The number of nitrogens with one attached hydrogen (secondary N) is 3. The van der Waals surface area contributed by atoms with Gasteiger partial charge in [0.2, 0.25) is 0 Å². The molecule has 0 saturated heterocycles. The monoisotopic (exact) mass is 305 g/mol. The largest absolute Gasteiger partial charge is 0.358 e. The Morgan fingerprint density at radius 3 is 2.96 bits per heavy atom. The van der Waals surface area contributed by atoms with Crippen molar-refractivity contribution in [2.75, 3.05) is 11.9 Å². The van der Waals surface area contributed by atoms with Crippen LogP contribution in [0.1, 0.15) is 16.1 Å². The Bertz CT molecular complexity index is 856. The fourth-order valence-corrected chi connectivity index (χ4v) is 2.70. The van der Waals surface area contributed by atoms with Crippen molar-refractivity contribution in [2.45, 2.75) is 6.42 Å². The molecule has 0 atom stereocenters. The molecule has 6 nitrogen and oxygen atoms in total.